The van der Waals surface area contributed by atoms with Crippen LogP contribution in [0.2, 0.25) is 0 Å². The maximum Gasteiger partial charge on any atom is 0.0967 e. The van der Waals surface area contributed by atoms with E-state index in [1.807, 2.05) is 0 Å². The molecule has 0 aliphatic heterocycles. The molecular formula is C58H60Cl4Ge4O2. The van der Waals surface area contributed by atoms with E-state index in [0.29, 0.717) is 0 Å². The first kappa shape index (κ1) is 55.9. The minimum atomic E-state index is -2.19. The Morgan fingerprint density at radius 1 is 0.221 bits per heavy atom. The molecule has 348 valence electrons. The van der Waals surface area contributed by atoms with Gasteiger partial charge in [0.2, 0.25) is 0 Å². The summed E-state index contributed by atoms with van der Waals surface area (Å²) in [5.74, 6) is 0. The van der Waals surface area contributed by atoms with Crippen LogP contribution in [-0.4, -0.2) is 69.4 Å². The van der Waals surface area contributed by atoms with Gasteiger partial charge >= 0.3 is 394 Å². The number of rotatable bonds is 12. The fourth-order valence-electron chi connectivity index (χ4n) is 6.98. The average molecular weight is 1220 g/mol. The third kappa shape index (κ3) is 17.7. The molecule has 0 bridgehead atoms. The van der Waals surface area contributed by atoms with Gasteiger partial charge in [-0.25, -0.2) is 0 Å². The Labute approximate surface area is 446 Å². The summed E-state index contributed by atoms with van der Waals surface area (Å²) in [6.07, 6.45) is 0. The zero-order valence-corrected chi connectivity index (χ0v) is 51.6. The zero-order valence-electron chi connectivity index (χ0n) is 40.2. The number of benzene rings is 8. The van der Waals surface area contributed by atoms with E-state index in [9.17, 15) is 0 Å². The van der Waals surface area contributed by atoms with Crippen molar-refractivity contribution in [3.63, 3.8) is 0 Å². The number of hydrogen-bond donors (Lipinski definition) is 0. The van der Waals surface area contributed by atoms with Gasteiger partial charge in [0.15, 0.2) is 0 Å². The van der Waals surface area contributed by atoms with Crippen molar-refractivity contribution in [2.75, 3.05) is 10.7 Å². The van der Waals surface area contributed by atoms with Crippen LogP contribution >= 0.6 is 46.4 Å². The predicted molar refractivity (Wildman–Crippen MR) is 305 cm³/mol. The molecule has 0 saturated heterocycles. The molecule has 2 nitrogen and oxygen atoms in total. The molecule has 0 amide bonds. The van der Waals surface area contributed by atoms with Crippen LogP contribution in [0.25, 0.3) is 0 Å². The van der Waals surface area contributed by atoms with Crippen LogP contribution in [0.3, 0.4) is 0 Å². The fraction of sp³-hybridized carbons (Fsp3) is 0.172. The Bertz CT molecular complexity index is 2110. The van der Waals surface area contributed by atoms with Crippen molar-refractivity contribution in [2.45, 2.75) is 55.4 Å². The molecule has 0 fully saturated rings. The molecule has 0 unspecified atom stereocenters. The van der Waals surface area contributed by atoms with E-state index < -0.39 is 58.7 Å². The molecule has 8 aromatic rings. The monoisotopic (exact) mass is 1220 g/mol. The van der Waals surface area contributed by atoms with E-state index in [1.54, 1.807) is 0 Å². The first-order valence-electron chi connectivity index (χ1n) is 22.5. The molecule has 0 spiro atoms. The second kappa shape index (κ2) is 29.4. The van der Waals surface area contributed by atoms with Crippen molar-refractivity contribution in [3.05, 3.63) is 239 Å². The summed E-state index contributed by atoms with van der Waals surface area (Å²) in [4.78, 5) is 0. The normalized spacial score (nSPS) is 10.8. The van der Waals surface area contributed by atoms with Gasteiger partial charge in [0.05, 0.1) is 10.7 Å². The van der Waals surface area contributed by atoms with Gasteiger partial charge in [0.25, 0.3) is 0 Å². The molecule has 4 radical (unpaired) electrons. The Morgan fingerprint density at radius 2 is 0.309 bits per heavy atom. The summed E-state index contributed by atoms with van der Waals surface area (Å²) in [5, 5.41) is 0.389. The van der Waals surface area contributed by atoms with Crippen molar-refractivity contribution >= 4 is 140 Å². The molecular weight excluding hydrogens is 1160 g/mol. The molecule has 0 atom stereocenters. The minimum absolute atomic E-state index is 0.194. The Morgan fingerprint density at radius 3 is 0.397 bits per heavy atom. The maximum absolute atomic E-state index is 7.29. The van der Waals surface area contributed by atoms with Crippen LogP contribution in [0.4, 0.5) is 0 Å². The zero-order chi connectivity index (χ0) is 49.0. The number of halogens is 4. The first-order chi connectivity index (χ1) is 32.8. The van der Waals surface area contributed by atoms with E-state index in [4.69, 9.17) is 52.0 Å². The largest absolute Gasteiger partial charge is 0.109 e. The molecule has 0 heterocycles. The van der Waals surface area contributed by atoms with Gasteiger partial charge in [-0.2, -0.15) is 0 Å². The van der Waals surface area contributed by atoms with Gasteiger partial charge in [0, 0.05) is 0 Å². The standard InChI is InChI=1S/2C28H28Ge2O.2CH2Cl2/c2*1-21-5-13-25(14-6-21)29(26-15-7-22(2)8-16-26)31-30(27-17-9-23(3)10-18-27)28-19-11-24(4)12-20-28;2*2-1-3/h2*5-20H,1-4H3;2*1H2. The third-order valence-corrected chi connectivity index (χ3v) is 35.9. The number of alkyl halides is 4. The quantitative estimate of drug-likeness (QED) is 0.0897. The minimum Gasteiger partial charge on any atom is -0.109 e. The van der Waals surface area contributed by atoms with Crippen LogP contribution in [0, 0.1) is 55.4 Å². The summed E-state index contributed by atoms with van der Waals surface area (Å²) in [5.41, 5.74) is 10.3. The van der Waals surface area contributed by atoms with Gasteiger partial charge in [-0.15, -0.1) is 46.4 Å². The average Bonchev–Trinajstić information content (AvgIpc) is 3.34. The maximum atomic E-state index is 7.29. The molecule has 8 aromatic carbocycles. The molecule has 0 aromatic heterocycles. The van der Waals surface area contributed by atoms with E-state index in [0.717, 1.165) is 0 Å². The molecule has 0 N–H and O–H groups in total. The number of hydrogen-bond acceptors (Lipinski definition) is 2. The van der Waals surface area contributed by atoms with Crippen LogP contribution in [0.5, 0.6) is 0 Å². The smallest absolute Gasteiger partial charge is 0.0967 e. The van der Waals surface area contributed by atoms with Crippen molar-refractivity contribution in [2.24, 2.45) is 0 Å². The van der Waals surface area contributed by atoms with Gasteiger partial charge < -0.3 is 0 Å². The second-order valence-electron chi connectivity index (χ2n) is 16.7. The number of aryl methyl sites for hydroxylation is 8. The Kier molecular flexibility index (Phi) is 24.2. The topological polar surface area (TPSA) is 18.5 Å². The molecule has 10 heteroatoms. The third-order valence-electron chi connectivity index (χ3n) is 10.9. The van der Waals surface area contributed by atoms with E-state index >= 15 is 0 Å². The molecule has 0 saturated carbocycles. The SMILES string of the molecule is Cc1cc[c]([Ge]([O][Ge]([c]2ccc(C)cc2)[c]2ccc(C)cc2)[c]2ccc(C)cc2)cc1.Cc1cc[c]([Ge]([O][Ge]([c]2ccc(C)cc2)[c]2ccc(C)cc2)[c]2ccc(C)cc2)cc1.ClCCl.ClCCl. The van der Waals surface area contributed by atoms with Crippen LogP contribution in [-0.2, 0) is 5.58 Å². The molecule has 0 aliphatic rings. The first-order valence-corrected chi connectivity index (χ1v) is 36.4. The summed E-state index contributed by atoms with van der Waals surface area (Å²) in [7, 11) is 0. The Balaban J connectivity index is 0.000000228. The van der Waals surface area contributed by atoms with Crippen LogP contribution in [0.15, 0.2) is 194 Å². The summed E-state index contributed by atoms with van der Waals surface area (Å²) in [6.45, 7) is 17.2. The van der Waals surface area contributed by atoms with Crippen molar-refractivity contribution in [3.8, 4) is 0 Å². The van der Waals surface area contributed by atoms with E-state index in [1.165, 1.54) is 79.7 Å². The van der Waals surface area contributed by atoms with Crippen molar-refractivity contribution < 1.29 is 5.58 Å². The Hall–Kier alpha value is -2.99. The fourth-order valence-corrected chi connectivity index (χ4v) is 35.2. The van der Waals surface area contributed by atoms with Gasteiger partial charge in [-0.05, 0) is 0 Å². The van der Waals surface area contributed by atoms with E-state index in [2.05, 4.69) is 250 Å². The second-order valence-corrected chi connectivity index (χ2v) is 38.8. The van der Waals surface area contributed by atoms with Crippen molar-refractivity contribution in [1.82, 2.24) is 0 Å². The molecule has 68 heavy (non-hydrogen) atoms. The summed E-state index contributed by atoms with van der Waals surface area (Å²) >= 11 is 10.3. The van der Waals surface area contributed by atoms with Gasteiger partial charge in [0.1, 0.15) is 0 Å². The summed E-state index contributed by atoms with van der Waals surface area (Å²) in [6, 6.07) is 72.0. The van der Waals surface area contributed by atoms with E-state index in [-0.39, 0.29) is 10.7 Å². The van der Waals surface area contributed by atoms with Gasteiger partial charge in [-0.1, -0.05) is 0 Å². The summed E-state index contributed by atoms with van der Waals surface area (Å²) < 4.78 is 25.6. The molecule has 8 rings (SSSR count). The predicted octanol–water partition coefficient (Wildman–Crippen LogP) is 10.5. The molecule has 0 aliphatic carbocycles. The van der Waals surface area contributed by atoms with Crippen molar-refractivity contribution in [1.29, 1.82) is 0 Å². The van der Waals surface area contributed by atoms with Crippen LogP contribution < -0.4 is 35.2 Å². The van der Waals surface area contributed by atoms with Crippen LogP contribution in [0.1, 0.15) is 44.5 Å². The van der Waals surface area contributed by atoms with Gasteiger partial charge in [-0.3, -0.25) is 0 Å².